The summed E-state index contributed by atoms with van der Waals surface area (Å²) in [6.45, 7) is 10.9. The molecule has 142 valence electrons. The number of rotatable bonds is 8. The first kappa shape index (κ1) is 20.2. The average molecular weight is 357 g/mol. The van der Waals surface area contributed by atoms with Gasteiger partial charge in [0.15, 0.2) is 0 Å². The molecular weight excluding hydrogens is 326 g/mol. The summed E-state index contributed by atoms with van der Waals surface area (Å²) >= 11 is 0. The van der Waals surface area contributed by atoms with Gasteiger partial charge in [-0.15, -0.1) is 0 Å². The SMILES string of the molecule is CC(C)N(CCNC(=O)/C=C/c1ccc(N2CCCC2=O)cc1)C(C)C. The largest absolute Gasteiger partial charge is 0.351 e. The molecule has 1 aliphatic heterocycles. The van der Waals surface area contributed by atoms with E-state index in [1.54, 1.807) is 12.2 Å². The fourth-order valence-corrected chi connectivity index (χ4v) is 3.34. The molecule has 1 saturated heterocycles. The Balaban J connectivity index is 1.81. The Kier molecular flexibility index (Phi) is 7.39. The van der Waals surface area contributed by atoms with Gasteiger partial charge < -0.3 is 10.2 Å². The molecule has 0 saturated carbocycles. The summed E-state index contributed by atoms with van der Waals surface area (Å²) in [4.78, 5) is 27.9. The highest BCUT2D eigenvalue weighted by Crippen LogP contribution is 2.21. The van der Waals surface area contributed by atoms with E-state index in [0.717, 1.165) is 30.8 Å². The third-order valence-electron chi connectivity index (χ3n) is 4.70. The highest BCUT2D eigenvalue weighted by atomic mass is 16.2. The first-order valence-electron chi connectivity index (χ1n) is 9.50. The van der Waals surface area contributed by atoms with Crippen molar-refractivity contribution >= 4 is 23.6 Å². The van der Waals surface area contributed by atoms with Crippen molar-refractivity contribution in [1.82, 2.24) is 10.2 Å². The van der Waals surface area contributed by atoms with Crippen LogP contribution in [0.15, 0.2) is 30.3 Å². The van der Waals surface area contributed by atoms with Crippen LogP contribution in [0.1, 0.15) is 46.1 Å². The number of nitrogens with one attached hydrogen (secondary N) is 1. The summed E-state index contributed by atoms with van der Waals surface area (Å²) < 4.78 is 0. The van der Waals surface area contributed by atoms with E-state index in [1.807, 2.05) is 29.2 Å². The van der Waals surface area contributed by atoms with Crippen LogP contribution in [0.3, 0.4) is 0 Å². The lowest BCUT2D eigenvalue weighted by Gasteiger charge is -2.30. The molecule has 0 spiro atoms. The molecular formula is C21H31N3O2. The van der Waals surface area contributed by atoms with E-state index in [1.165, 1.54) is 0 Å². The summed E-state index contributed by atoms with van der Waals surface area (Å²) in [6, 6.07) is 8.66. The molecule has 1 aromatic carbocycles. The highest BCUT2D eigenvalue weighted by molar-refractivity contribution is 5.95. The predicted octanol–water partition coefficient (Wildman–Crippen LogP) is 3.06. The van der Waals surface area contributed by atoms with Crippen LogP contribution in [0.2, 0.25) is 0 Å². The van der Waals surface area contributed by atoms with E-state index in [0.29, 0.717) is 25.0 Å². The Morgan fingerprint density at radius 2 is 1.85 bits per heavy atom. The van der Waals surface area contributed by atoms with Crippen molar-refractivity contribution in [3.63, 3.8) is 0 Å². The van der Waals surface area contributed by atoms with Crippen molar-refractivity contribution < 1.29 is 9.59 Å². The molecule has 2 amide bonds. The van der Waals surface area contributed by atoms with Crippen LogP contribution in [-0.2, 0) is 9.59 Å². The summed E-state index contributed by atoms with van der Waals surface area (Å²) in [5.74, 6) is 0.0979. The third-order valence-corrected chi connectivity index (χ3v) is 4.70. The van der Waals surface area contributed by atoms with Crippen LogP contribution in [0, 0.1) is 0 Å². The smallest absolute Gasteiger partial charge is 0.244 e. The van der Waals surface area contributed by atoms with Crippen LogP contribution in [-0.4, -0.2) is 48.4 Å². The van der Waals surface area contributed by atoms with E-state index >= 15 is 0 Å². The zero-order valence-electron chi connectivity index (χ0n) is 16.4. The molecule has 1 aromatic rings. The Hall–Kier alpha value is -2.14. The quantitative estimate of drug-likeness (QED) is 0.728. The topological polar surface area (TPSA) is 52.7 Å². The van der Waals surface area contributed by atoms with E-state index in [9.17, 15) is 9.59 Å². The molecule has 0 aromatic heterocycles. The van der Waals surface area contributed by atoms with Gasteiger partial charge in [0.1, 0.15) is 0 Å². The van der Waals surface area contributed by atoms with Crippen molar-refractivity contribution in [1.29, 1.82) is 0 Å². The van der Waals surface area contributed by atoms with Gasteiger partial charge in [-0.3, -0.25) is 14.5 Å². The molecule has 0 bridgehead atoms. The number of anilines is 1. The van der Waals surface area contributed by atoms with Crippen LogP contribution in [0.4, 0.5) is 5.69 Å². The van der Waals surface area contributed by atoms with Crippen molar-refractivity contribution in [3.8, 4) is 0 Å². The number of nitrogens with zero attached hydrogens (tertiary/aromatic N) is 2. The minimum absolute atomic E-state index is 0.0868. The molecule has 0 aliphatic carbocycles. The Bertz CT molecular complexity index is 627. The normalized spacial score (nSPS) is 15.0. The van der Waals surface area contributed by atoms with Crippen molar-refractivity contribution in [2.75, 3.05) is 24.5 Å². The Morgan fingerprint density at radius 1 is 1.19 bits per heavy atom. The fraction of sp³-hybridized carbons (Fsp3) is 0.524. The Labute approximate surface area is 157 Å². The van der Waals surface area contributed by atoms with Crippen molar-refractivity contribution in [2.45, 2.75) is 52.6 Å². The van der Waals surface area contributed by atoms with E-state index < -0.39 is 0 Å². The van der Waals surface area contributed by atoms with Gasteiger partial charge >= 0.3 is 0 Å². The lowest BCUT2D eigenvalue weighted by atomic mass is 10.2. The molecule has 5 nitrogen and oxygen atoms in total. The Morgan fingerprint density at radius 3 is 2.38 bits per heavy atom. The van der Waals surface area contributed by atoms with Crippen LogP contribution < -0.4 is 10.2 Å². The van der Waals surface area contributed by atoms with Crippen LogP contribution >= 0.6 is 0 Å². The number of benzene rings is 1. The molecule has 5 heteroatoms. The van der Waals surface area contributed by atoms with Crippen LogP contribution in [0.25, 0.3) is 6.08 Å². The minimum atomic E-state index is -0.0868. The van der Waals surface area contributed by atoms with Gasteiger partial charge in [0.25, 0.3) is 0 Å². The monoisotopic (exact) mass is 357 g/mol. The fourth-order valence-electron chi connectivity index (χ4n) is 3.34. The molecule has 0 unspecified atom stereocenters. The van der Waals surface area contributed by atoms with Gasteiger partial charge in [0.05, 0.1) is 0 Å². The van der Waals surface area contributed by atoms with Gasteiger partial charge in [0, 0.05) is 49.9 Å². The lowest BCUT2D eigenvalue weighted by molar-refractivity contribution is -0.117. The molecule has 26 heavy (non-hydrogen) atoms. The molecule has 2 rings (SSSR count). The molecule has 0 atom stereocenters. The third kappa shape index (κ3) is 5.70. The molecule has 0 radical (unpaired) electrons. The number of carbonyl (C=O) groups is 2. The molecule has 1 N–H and O–H groups in total. The lowest BCUT2D eigenvalue weighted by Crippen LogP contribution is -2.42. The van der Waals surface area contributed by atoms with Gasteiger partial charge in [-0.1, -0.05) is 12.1 Å². The minimum Gasteiger partial charge on any atom is -0.351 e. The summed E-state index contributed by atoms with van der Waals surface area (Å²) in [6.07, 6.45) is 4.91. The highest BCUT2D eigenvalue weighted by Gasteiger charge is 2.21. The second kappa shape index (κ2) is 9.53. The van der Waals surface area contributed by atoms with E-state index in [-0.39, 0.29) is 11.8 Å². The maximum Gasteiger partial charge on any atom is 0.244 e. The van der Waals surface area contributed by atoms with Gasteiger partial charge in [-0.2, -0.15) is 0 Å². The van der Waals surface area contributed by atoms with Gasteiger partial charge in [0.2, 0.25) is 11.8 Å². The second-order valence-corrected chi connectivity index (χ2v) is 7.29. The van der Waals surface area contributed by atoms with Crippen LogP contribution in [0.5, 0.6) is 0 Å². The number of hydrogen-bond donors (Lipinski definition) is 1. The summed E-state index contributed by atoms with van der Waals surface area (Å²) in [7, 11) is 0. The standard InChI is InChI=1S/C21H31N3O2/c1-16(2)23(17(3)4)15-13-22-20(25)12-9-18-7-10-19(11-8-18)24-14-5-6-21(24)26/h7-12,16-17H,5-6,13-15H2,1-4H3,(H,22,25)/b12-9+. The maximum atomic E-state index is 12.0. The first-order chi connectivity index (χ1) is 12.4. The molecule has 1 aliphatic rings. The maximum absolute atomic E-state index is 12.0. The van der Waals surface area contributed by atoms with E-state index in [2.05, 4.69) is 37.9 Å². The molecule has 1 fully saturated rings. The molecule has 1 heterocycles. The predicted molar refractivity (Wildman–Crippen MR) is 107 cm³/mol. The average Bonchev–Trinajstić information content (AvgIpc) is 3.02. The zero-order chi connectivity index (χ0) is 19.1. The zero-order valence-corrected chi connectivity index (χ0v) is 16.4. The summed E-state index contributed by atoms with van der Waals surface area (Å²) in [5.41, 5.74) is 1.87. The summed E-state index contributed by atoms with van der Waals surface area (Å²) in [5, 5.41) is 2.93. The van der Waals surface area contributed by atoms with Crippen molar-refractivity contribution in [3.05, 3.63) is 35.9 Å². The number of amides is 2. The van der Waals surface area contributed by atoms with Gasteiger partial charge in [-0.05, 0) is 57.9 Å². The van der Waals surface area contributed by atoms with E-state index in [4.69, 9.17) is 0 Å². The number of carbonyl (C=O) groups excluding carboxylic acids is 2. The second-order valence-electron chi connectivity index (χ2n) is 7.29. The first-order valence-corrected chi connectivity index (χ1v) is 9.50. The van der Waals surface area contributed by atoms with Crippen molar-refractivity contribution in [2.24, 2.45) is 0 Å². The van der Waals surface area contributed by atoms with Gasteiger partial charge in [-0.25, -0.2) is 0 Å². The number of hydrogen-bond acceptors (Lipinski definition) is 3.